The minimum Gasteiger partial charge on any atom is -0.312 e. The third-order valence-corrected chi connectivity index (χ3v) is 3.32. The van der Waals surface area contributed by atoms with Crippen molar-refractivity contribution in [2.75, 3.05) is 6.54 Å². The molecule has 0 radical (unpaired) electrons. The summed E-state index contributed by atoms with van der Waals surface area (Å²) in [6.45, 7) is 1.97. The van der Waals surface area contributed by atoms with E-state index >= 15 is 0 Å². The van der Waals surface area contributed by atoms with Gasteiger partial charge in [-0.2, -0.15) is 11.3 Å². The van der Waals surface area contributed by atoms with Gasteiger partial charge in [0.15, 0.2) is 0 Å². The number of thiazole rings is 1. The van der Waals surface area contributed by atoms with Crippen LogP contribution in [0.25, 0.3) is 0 Å². The summed E-state index contributed by atoms with van der Waals surface area (Å²) in [6, 6.07) is 2.15. The number of nitrogens with zero attached hydrogens (tertiary/aromatic N) is 1. The molecule has 4 heteroatoms. The molecule has 0 fully saturated rings. The lowest BCUT2D eigenvalue weighted by Gasteiger charge is -2.00. The van der Waals surface area contributed by atoms with Crippen LogP contribution in [0.1, 0.15) is 11.3 Å². The third-order valence-electron chi connectivity index (χ3n) is 1.95. The first kappa shape index (κ1) is 9.83. The van der Waals surface area contributed by atoms with Gasteiger partial charge in [-0.15, -0.1) is 11.3 Å². The number of rotatable bonds is 5. The SMILES string of the molecule is c1cc(CNCCc2cscn2)cs1. The van der Waals surface area contributed by atoms with Gasteiger partial charge in [0.05, 0.1) is 11.2 Å². The molecule has 0 spiro atoms. The van der Waals surface area contributed by atoms with E-state index in [0.717, 1.165) is 19.5 Å². The maximum absolute atomic E-state index is 4.23. The second-order valence-electron chi connectivity index (χ2n) is 3.04. The smallest absolute Gasteiger partial charge is 0.0794 e. The van der Waals surface area contributed by atoms with Crippen LogP contribution in [0.3, 0.4) is 0 Å². The van der Waals surface area contributed by atoms with Crippen molar-refractivity contribution >= 4 is 22.7 Å². The van der Waals surface area contributed by atoms with E-state index in [9.17, 15) is 0 Å². The molecule has 2 aromatic heterocycles. The highest BCUT2D eigenvalue weighted by molar-refractivity contribution is 7.08. The highest BCUT2D eigenvalue weighted by Gasteiger charge is 1.95. The van der Waals surface area contributed by atoms with E-state index in [-0.39, 0.29) is 0 Å². The second-order valence-corrected chi connectivity index (χ2v) is 4.54. The number of thiophene rings is 1. The van der Waals surface area contributed by atoms with Crippen molar-refractivity contribution in [3.63, 3.8) is 0 Å². The molecule has 0 aliphatic rings. The van der Waals surface area contributed by atoms with Gasteiger partial charge in [-0.25, -0.2) is 4.98 Å². The number of nitrogens with one attached hydrogen (secondary N) is 1. The molecule has 1 N–H and O–H groups in total. The molecule has 2 heterocycles. The van der Waals surface area contributed by atoms with Crippen molar-refractivity contribution in [2.24, 2.45) is 0 Å². The van der Waals surface area contributed by atoms with Crippen LogP contribution in [0.2, 0.25) is 0 Å². The van der Waals surface area contributed by atoms with Crippen LogP contribution >= 0.6 is 22.7 Å². The van der Waals surface area contributed by atoms with Crippen LogP contribution in [0, 0.1) is 0 Å². The summed E-state index contributed by atoms with van der Waals surface area (Å²) in [5, 5.41) is 9.79. The molecule has 2 rings (SSSR count). The molecule has 0 unspecified atom stereocenters. The Morgan fingerprint density at radius 3 is 3.00 bits per heavy atom. The van der Waals surface area contributed by atoms with E-state index in [1.807, 2.05) is 5.51 Å². The largest absolute Gasteiger partial charge is 0.312 e. The maximum Gasteiger partial charge on any atom is 0.0794 e. The monoisotopic (exact) mass is 224 g/mol. The molecule has 74 valence electrons. The van der Waals surface area contributed by atoms with E-state index in [4.69, 9.17) is 0 Å². The fraction of sp³-hybridized carbons (Fsp3) is 0.300. The normalized spacial score (nSPS) is 10.6. The Bertz CT molecular complexity index is 304. The zero-order valence-electron chi connectivity index (χ0n) is 7.77. The van der Waals surface area contributed by atoms with Crippen LogP contribution in [0.4, 0.5) is 0 Å². The Kier molecular flexibility index (Phi) is 3.68. The predicted octanol–water partition coefficient (Wildman–Crippen LogP) is 2.54. The quantitative estimate of drug-likeness (QED) is 0.789. The lowest BCUT2D eigenvalue weighted by molar-refractivity contribution is 0.683. The molecule has 0 aliphatic heterocycles. The second kappa shape index (κ2) is 5.24. The van der Waals surface area contributed by atoms with Gasteiger partial charge in [0.2, 0.25) is 0 Å². The Labute approximate surface area is 91.6 Å². The Hall–Kier alpha value is -0.710. The van der Waals surface area contributed by atoms with Gasteiger partial charge in [-0.1, -0.05) is 0 Å². The van der Waals surface area contributed by atoms with Gasteiger partial charge >= 0.3 is 0 Å². The van der Waals surface area contributed by atoms with Crippen molar-refractivity contribution in [1.82, 2.24) is 10.3 Å². The predicted molar refractivity (Wildman–Crippen MR) is 61.8 cm³/mol. The number of hydrogen-bond acceptors (Lipinski definition) is 4. The maximum atomic E-state index is 4.23. The molecule has 0 saturated heterocycles. The van der Waals surface area contributed by atoms with Gasteiger partial charge in [-0.3, -0.25) is 0 Å². The Balaban J connectivity index is 1.65. The molecule has 2 nitrogen and oxygen atoms in total. The highest BCUT2D eigenvalue weighted by Crippen LogP contribution is 2.05. The summed E-state index contributed by atoms with van der Waals surface area (Å²) in [5.74, 6) is 0. The van der Waals surface area contributed by atoms with Crippen LogP contribution < -0.4 is 5.32 Å². The summed E-state index contributed by atoms with van der Waals surface area (Å²) in [4.78, 5) is 4.23. The third kappa shape index (κ3) is 2.90. The van der Waals surface area contributed by atoms with E-state index in [0.29, 0.717) is 0 Å². The summed E-state index contributed by atoms with van der Waals surface area (Å²) >= 11 is 3.40. The molecule has 0 bridgehead atoms. The average molecular weight is 224 g/mol. The molecule has 0 saturated carbocycles. The van der Waals surface area contributed by atoms with Gasteiger partial charge < -0.3 is 5.32 Å². The summed E-state index contributed by atoms with van der Waals surface area (Å²) in [6.07, 6.45) is 1.02. The van der Waals surface area contributed by atoms with Gasteiger partial charge in [-0.05, 0) is 22.4 Å². The fourth-order valence-corrected chi connectivity index (χ4v) is 2.46. The zero-order valence-corrected chi connectivity index (χ0v) is 9.40. The number of aromatic nitrogens is 1. The summed E-state index contributed by atoms with van der Waals surface area (Å²) in [7, 11) is 0. The van der Waals surface area contributed by atoms with Gasteiger partial charge in [0.25, 0.3) is 0 Å². The molecular weight excluding hydrogens is 212 g/mol. The molecule has 2 aromatic rings. The van der Waals surface area contributed by atoms with Crippen LogP contribution in [0.5, 0.6) is 0 Å². The molecule has 14 heavy (non-hydrogen) atoms. The first-order chi connectivity index (χ1) is 6.95. The van der Waals surface area contributed by atoms with E-state index in [2.05, 4.69) is 32.5 Å². The Morgan fingerprint density at radius 1 is 1.29 bits per heavy atom. The first-order valence-corrected chi connectivity index (χ1v) is 6.42. The molecular formula is C10H12N2S2. The topological polar surface area (TPSA) is 24.9 Å². The van der Waals surface area contributed by atoms with Crippen LogP contribution in [0.15, 0.2) is 27.7 Å². The van der Waals surface area contributed by atoms with E-state index in [1.165, 1.54) is 11.3 Å². The summed E-state index contributed by atoms with van der Waals surface area (Å²) < 4.78 is 0. The minimum absolute atomic E-state index is 0.966. The van der Waals surface area contributed by atoms with Crippen molar-refractivity contribution < 1.29 is 0 Å². The van der Waals surface area contributed by atoms with Crippen molar-refractivity contribution in [3.05, 3.63) is 39.0 Å². The summed E-state index contributed by atoms with van der Waals surface area (Å²) in [5.41, 5.74) is 4.44. The average Bonchev–Trinajstić information content (AvgIpc) is 2.86. The van der Waals surface area contributed by atoms with Gasteiger partial charge in [0.1, 0.15) is 0 Å². The van der Waals surface area contributed by atoms with Gasteiger partial charge in [0, 0.05) is 24.9 Å². The zero-order chi connectivity index (χ0) is 9.64. The lowest BCUT2D eigenvalue weighted by atomic mass is 10.3. The van der Waals surface area contributed by atoms with Crippen LogP contribution in [-0.4, -0.2) is 11.5 Å². The molecule has 0 amide bonds. The van der Waals surface area contributed by atoms with Crippen molar-refractivity contribution in [2.45, 2.75) is 13.0 Å². The minimum atomic E-state index is 0.966. The van der Waals surface area contributed by atoms with E-state index in [1.54, 1.807) is 22.7 Å². The molecule has 0 atom stereocenters. The fourth-order valence-electron chi connectivity index (χ4n) is 1.20. The highest BCUT2D eigenvalue weighted by atomic mass is 32.1. The lowest BCUT2D eigenvalue weighted by Crippen LogP contribution is -2.16. The number of hydrogen-bond donors (Lipinski definition) is 1. The van der Waals surface area contributed by atoms with Crippen molar-refractivity contribution in [3.8, 4) is 0 Å². The van der Waals surface area contributed by atoms with E-state index < -0.39 is 0 Å². The standard InChI is InChI=1S/C10H12N2S2/c1(10-7-14-8-12-10)3-11-5-9-2-4-13-6-9/h2,4,6-8,11H,1,3,5H2. The molecule has 0 aromatic carbocycles. The Morgan fingerprint density at radius 2 is 2.29 bits per heavy atom. The van der Waals surface area contributed by atoms with Crippen molar-refractivity contribution in [1.29, 1.82) is 0 Å². The molecule has 0 aliphatic carbocycles. The van der Waals surface area contributed by atoms with Crippen LogP contribution in [-0.2, 0) is 13.0 Å². The first-order valence-electron chi connectivity index (χ1n) is 4.54.